The van der Waals surface area contributed by atoms with Gasteiger partial charge in [-0.25, -0.2) is 0 Å². The highest BCUT2D eigenvalue weighted by atomic mass is 79.9. The normalized spacial score (nSPS) is 11.2. The fourth-order valence-electron chi connectivity index (χ4n) is 2.17. The van der Waals surface area contributed by atoms with Crippen molar-refractivity contribution in [1.82, 2.24) is 19.8 Å². The molecule has 0 amide bonds. The van der Waals surface area contributed by atoms with Gasteiger partial charge in [-0.05, 0) is 24.3 Å². The van der Waals surface area contributed by atoms with Gasteiger partial charge in [0.1, 0.15) is 5.01 Å². The Labute approximate surface area is 143 Å². The van der Waals surface area contributed by atoms with Crippen molar-refractivity contribution in [2.24, 2.45) is 0 Å². The summed E-state index contributed by atoms with van der Waals surface area (Å²) in [5.41, 5.74) is 1.86. The van der Waals surface area contributed by atoms with Crippen molar-refractivity contribution in [3.8, 4) is 22.0 Å². The monoisotopic (exact) mass is 390 g/mol. The predicted octanol–water partition coefficient (Wildman–Crippen LogP) is 4.94. The lowest BCUT2D eigenvalue weighted by Crippen LogP contribution is -1.91. The Hall–Kier alpha value is -1.76. The number of fused-ring (bicyclic) bond motifs is 1. The van der Waals surface area contributed by atoms with Gasteiger partial charge in [-0.2, -0.15) is 9.61 Å². The molecule has 4 aromatic rings. The zero-order valence-electron chi connectivity index (χ0n) is 11.1. The summed E-state index contributed by atoms with van der Waals surface area (Å²) >= 11 is 11.2. The van der Waals surface area contributed by atoms with Crippen LogP contribution in [0.3, 0.4) is 0 Å². The summed E-state index contributed by atoms with van der Waals surface area (Å²) < 4.78 is 2.75. The molecular weight excluding hydrogens is 384 g/mol. The fraction of sp³-hybridized carbons (Fsp3) is 0. The first-order valence-electron chi connectivity index (χ1n) is 6.45. The quantitative estimate of drug-likeness (QED) is 0.486. The maximum Gasteiger partial charge on any atom is 0.235 e. The highest BCUT2D eigenvalue weighted by molar-refractivity contribution is 9.10. The second-order valence-corrected chi connectivity index (χ2v) is 6.89. The van der Waals surface area contributed by atoms with Gasteiger partial charge in [0, 0.05) is 15.6 Å². The van der Waals surface area contributed by atoms with Gasteiger partial charge in [0.25, 0.3) is 0 Å². The third-order valence-corrected chi connectivity index (χ3v) is 4.95. The molecule has 0 unspecified atom stereocenters. The van der Waals surface area contributed by atoms with Crippen molar-refractivity contribution in [3.05, 3.63) is 58.0 Å². The van der Waals surface area contributed by atoms with E-state index < -0.39 is 0 Å². The van der Waals surface area contributed by atoms with Gasteiger partial charge < -0.3 is 0 Å². The molecule has 2 aromatic heterocycles. The van der Waals surface area contributed by atoms with Crippen LogP contribution in [0.5, 0.6) is 0 Å². The fourth-order valence-corrected chi connectivity index (χ4v) is 3.62. The first-order chi connectivity index (χ1) is 10.7. The molecule has 0 N–H and O–H groups in total. The number of benzene rings is 2. The molecule has 0 fully saturated rings. The molecular formula is C15H8BrClN4S. The first kappa shape index (κ1) is 13.9. The molecule has 0 spiro atoms. The summed E-state index contributed by atoms with van der Waals surface area (Å²) in [6.45, 7) is 0. The molecule has 7 heteroatoms. The summed E-state index contributed by atoms with van der Waals surface area (Å²) in [5, 5.41) is 14.6. The van der Waals surface area contributed by atoms with Crippen LogP contribution >= 0.6 is 38.9 Å². The van der Waals surface area contributed by atoms with Crippen LogP contribution in [0, 0.1) is 0 Å². The molecule has 22 heavy (non-hydrogen) atoms. The van der Waals surface area contributed by atoms with Crippen molar-refractivity contribution < 1.29 is 0 Å². The standard InChI is InChI=1S/C15H8BrClN4S/c16-10-5-3-4-9(8-10)14-20-21-13(18-19-15(21)22-14)11-6-1-2-7-12(11)17/h1-8H. The van der Waals surface area contributed by atoms with Crippen LogP contribution < -0.4 is 0 Å². The van der Waals surface area contributed by atoms with Gasteiger partial charge >= 0.3 is 0 Å². The SMILES string of the molecule is Clc1ccccc1-c1nnc2sc(-c3cccc(Br)c3)nn12. The number of aromatic nitrogens is 4. The topological polar surface area (TPSA) is 43.1 Å². The van der Waals surface area contributed by atoms with Crippen molar-refractivity contribution in [1.29, 1.82) is 0 Å². The number of nitrogens with zero attached hydrogens (tertiary/aromatic N) is 4. The second kappa shape index (κ2) is 5.46. The molecule has 4 nitrogen and oxygen atoms in total. The van der Waals surface area contributed by atoms with E-state index in [1.165, 1.54) is 11.3 Å². The molecule has 0 radical (unpaired) electrons. The van der Waals surface area contributed by atoms with E-state index in [0.29, 0.717) is 10.8 Å². The Bertz CT molecular complexity index is 979. The van der Waals surface area contributed by atoms with Crippen LogP contribution in [0.4, 0.5) is 0 Å². The first-order valence-corrected chi connectivity index (χ1v) is 8.44. The smallest absolute Gasteiger partial charge is 0.182 e. The molecule has 0 aliphatic carbocycles. The van der Waals surface area contributed by atoms with Gasteiger partial charge in [-0.15, -0.1) is 10.2 Å². The van der Waals surface area contributed by atoms with E-state index in [1.807, 2.05) is 48.5 Å². The molecule has 0 aliphatic heterocycles. The number of hydrogen-bond acceptors (Lipinski definition) is 4. The number of halogens is 2. The van der Waals surface area contributed by atoms with Crippen LogP contribution in [0.15, 0.2) is 53.0 Å². The Morgan fingerprint density at radius 2 is 1.91 bits per heavy atom. The number of rotatable bonds is 2. The summed E-state index contributed by atoms with van der Waals surface area (Å²) in [5.74, 6) is 0.651. The van der Waals surface area contributed by atoms with Crippen molar-refractivity contribution in [2.75, 3.05) is 0 Å². The van der Waals surface area contributed by atoms with Gasteiger partial charge in [0.15, 0.2) is 5.82 Å². The summed E-state index contributed by atoms with van der Waals surface area (Å²) in [4.78, 5) is 0.741. The Balaban J connectivity index is 1.88. The lowest BCUT2D eigenvalue weighted by Gasteiger charge is -1.99. The van der Waals surface area contributed by atoms with E-state index in [4.69, 9.17) is 11.6 Å². The van der Waals surface area contributed by atoms with Crippen molar-refractivity contribution in [2.45, 2.75) is 0 Å². The van der Waals surface area contributed by atoms with Crippen LogP contribution in [-0.2, 0) is 0 Å². The van der Waals surface area contributed by atoms with Gasteiger partial charge in [-0.1, -0.05) is 63.1 Å². The molecule has 0 aliphatic rings. The van der Waals surface area contributed by atoms with Crippen LogP contribution in [-0.4, -0.2) is 19.8 Å². The zero-order chi connectivity index (χ0) is 15.1. The van der Waals surface area contributed by atoms with Crippen molar-refractivity contribution in [3.63, 3.8) is 0 Å². The zero-order valence-corrected chi connectivity index (χ0v) is 14.2. The highest BCUT2D eigenvalue weighted by Crippen LogP contribution is 2.31. The van der Waals surface area contributed by atoms with Crippen LogP contribution in [0.2, 0.25) is 5.02 Å². The third-order valence-electron chi connectivity index (χ3n) is 3.18. The molecule has 0 saturated carbocycles. The minimum atomic E-state index is 0.633. The average molecular weight is 392 g/mol. The summed E-state index contributed by atoms with van der Waals surface area (Å²) in [6, 6.07) is 15.6. The Kier molecular flexibility index (Phi) is 3.44. The lowest BCUT2D eigenvalue weighted by atomic mass is 10.2. The van der Waals surface area contributed by atoms with Crippen molar-refractivity contribution >= 4 is 43.8 Å². The molecule has 0 saturated heterocycles. The van der Waals surface area contributed by atoms with Crippen LogP contribution in [0.25, 0.3) is 26.9 Å². The predicted molar refractivity (Wildman–Crippen MR) is 92.2 cm³/mol. The maximum atomic E-state index is 6.25. The van der Waals surface area contributed by atoms with Crippen LogP contribution in [0.1, 0.15) is 0 Å². The molecule has 4 rings (SSSR count). The lowest BCUT2D eigenvalue weighted by molar-refractivity contribution is 0.970. The minimum absolute atomic E-state index is 0.633. The summed E-state index contributed by atoms with van der Waals surface area (Å²) in [6.07, 6.45) is 0. The second-order valence-electron chi connectivity index (χ2n) is 4.62. The largest absolute Gasteiger partial charge is 0.235 e. The minimum Gasteiger partial charge on any atom is -0.182 e. The maximum absolute atomic E-state index is 6.25. The van der Waals surface area contributed by atoms with E-state index in [1.54, 1.807) is 4.52 Å². The van der Waals surface area contributed by atoms with Gasteiger partial charge in [0.05, 0.1) is 5.02 Å². The van der Waals surface area contributed by atoms with E-state index in [-0.39, 0.29) is 0 Å². The third kappa shape index (κ3) is 2.33. The van der Waals surface area contributed by atoms with E-state index in [9.17, 15) is 0 Å². The molecule has 2 aromatic carbocycles. The van der Waals surface area contributed by atoms with Gasteiger partial charge in [-0.3, -0.25) is 0 Å². The summed E-state index contributed by atoms with van der Waals surface area (Å²) in [7, 11) is 0. The highest BCUT2D eigenvalue weighted by Gasteiger charge is 2.16. The Morgan fingerprint density at radius 3 is 2.73 bits per heavy atom. The molecule has 0 atom stereocenters. The van der Waals surface area contributed by atoms with E-state index >= 15 is 0 Å². The molecule has 0 bridgehead atoms. The van der Waals surface area contributed by atoms with E-state index in [0.717, 1.165) is 25.6 Å². The Morgan fingerprint density at radius 1 is 1.05 bits per heavy atom. The average Bonchev–Trinajstić information content (AvgIpc) is 3.08. The van der Waals surface area contributed by atoms with E-state index in [2.05, 4.69) is 31.2 Å². The molecule has 108 valence electrons. The van der Waals surface area contributed by atoms with Gasteiger partial charge in [0.2, 0.25) is 4.96 Å². The number of hydrogen-bond donors (Lipinski definition) is 0. The molecule has 2 heterocycles.